The molecule has 5 nitrogen and oxygen atoms in total. The Kier molecular flexibility index (Phi) is 7.88. The van der Waals surface area contributed by atoms with E-state index in [1.807, 2.05) is 78.8 Å². The zero-order valence-corrected chi connectivity index (χ0v) is 20.1. The van der Waals surface area contributed by atoms with Crippen LogP contribution < -0.4 is 10.1 Å². The van der Waals surface area contributed by atoms with Crippen LogP contribution in [0.5, 0.6) is 5.75 Å². The summed E-state index contributed by atoms with van der Waals surface area (Å²) in [4.78, 5) is 27.6. The summed E-state index contributed by atoms with van der Waals surface area (Å²) in [5.74, 6) is 0.292. The molecule has 0 aromatic heterocycles. The predicted molar refractivity (Wildman–Crippen MR) is 125 cm³/mol. The van der Waals surface area contributed by atoms with E-state index in [0.29, 0.717) is 12.3 Å². The normalized spacial score (nSPS) is 12.3. The average Bonchev–Trinajstić information content (AvgIpc) is 2.65. The molecule has 31 heavy (non-hydrogen) atoms. The van der Waals surface area contributed by atoms with Gasteiger partial charge in [-0.1, -0.05) is 35.9 Å². The number of benzene rings is 2. The van der Waals surface area contributed by atoms with Gasteiger partial charge in [0.25, 0.3) is 5.91 Å². The van der Waals surface area contributed by atoms with Crippen molar-refractivity contribution in [3.8, 4) is 5.75 Å². The SMILES string of the molecule is Cc1cccc(CN(C(=O)COc2cc(C)cc(C)c2C)[C@H](C)C(=O)NC(C)(C)C)c1. The molecular formula is C26H36N2O3. The molecule has 0 radical (unpaired) electrons. The Morgan fingerprint density at radius 1 is 1.03 bits per heavy atom. The van der Waals surface area contributed by atoms with Gasteiger partial charge in [-0.2, -0.15) is 0 Å². The number of carbonyl (C=O) groups is 2. The molecule has 0 fully saturated rings. The molecule has 2 rings (SSSR count). The van der Waals surface area contributed by atoms with Crippen molar-refractivity contribution in [2.75, 3.05) is 6.61 Å². The Hall–Kier alpha value is -2.82. The number of nitrogens with one attached hydrogen (secondary N) is 1. The third-order valence-corrected chi connectivity index (χ3v) is 5.22. The van der Waals surface area contributed by atoms with Crippen molar-refractivity contribution in [3.05, 3.63) is 64.2 Å². The van der Waals surface area contributed by atoms with Crippen LogP contribution in [-0.2, 0) is 16.1 Å². The maximum Gasteiger partial charge on any atom is 0.261 e. The third-order valence-electron chi connectivity index (χ3n) is 5.22. The summed E-state index contributed by atoms with van der Waals surface area (Å²) in [6, 6.07) is 11.4. The summed E-state index contributed by atoms with van der Waals surface area (Å²) < 4.78 is 5.91. The Bertz CT molecular complexity index is 944. The van der Waals surface area contributed by atoms with E-state index < -0.39 is 6.04 Å². The van der Waals surface area contributed by atoms with Crippen LogP contribution in [0.4, 0.5) is 0 Å². The summed E-state index contributed by atoms with van der Waals surface area (Å²) >= 11 is 0. The topological polar surface area (TPSA) is 58.6 Å². The smallest absolute Gasteiger partial charge is 0.261 e. The number of aryl methyl sites for hydroxylation is 3. The Balaban J connectivity index is 2.24. The number of ether oxygens (including phenoxy) is 1. The first-order chi connectivity index (χ1) is 14.4. The van der Waals surface area contributed by atoms with Gasteiger partial charge in [0.2, 0.25) is 5.91 Å². The zero-order valence-electron chi connectivity index (χ0n) is 20.1. The maximum atomic E-state index is 13.2. The highest BCUT2D eigenvalue weighted by molar-refractivity contribution is 5.88. The average molecular weight is 425 g/mol. The zero-order chi connectivity index (χ0) is 23.3. The molecule has 0 aliphatic heterocycles. The number of amides is 2. The molecule has 0 aliphatic rings. The molecule has 0 heterocycles. The van der Waals surface area contributed by atoms with Crippen LogP contribution in [0.15, 0.2) is 36.4 Å². The van der Waals surface area contributed by atoms with Crippen LogP contribution in [0, 0.1) is 27.7 Å². The molecule has 0 bridgehead atoms. The van der Waals surface area contributed by atoms with E-state index in [1.165, 1.54) is 0 Å². The highest BCUT2D eigenvalue weighted by atomic mass is 16.5. The fourth-order valence-corrected chi connectivity index (χ4v) is 3.44. The second kappa shape index (κ2) is 9.99. The van der Waals surface area contributed by atoms with Gasteiger partial charge in [0.1, 0.15) is 11.8 Å². The van der Waals surface area contributed by atoms with Crippen LogP contribution in [0.1, 0.15) is 55.5 Å². The fourth-order valence-electron chi connectivity index (χ4n) is 3.44. The highest BCUT2D eigenvalue weighted by Gasteiger charge is 2.28. The van der Waals surface area contributed by atoms with E-state index in [4.69, 9.17) is 4.74 Å². The van der Waals surface area contributed by atoms with Crippen molar-refractivity contribution in [3.63, 3.8) is 0 Å². The second-order valence-corrected chi connectivity index (χ2v) is 9.42. The van der Waals surface area contributed by atoms with E-state index in [-0.39, 0.29) is 24.0 Å². The molecule has 5 heteroatoms. The minimum absolute atomic E-state index is 0.122. The van der Waals surface area contributed by atoms with E-state index in [9.17, 15) is 9.59 Å². The van der Waals surface area contributed by atoms with Gasteiger partial charge in [-0.15, -0.1) is 0 Å². The van der Waals surface area contributed by atoms with Gasteiger partial charge in [-0.3, -0.25) is 9.59 Å². The van der Waals surface area contributed by atoms with Crippen molar-refractivity contribution >= 4 is 11.8 Å². The van der Waals surface area contributed by atoms with Crippen molar-refractivity contribution < 1.29 is 14.3 Å². The summed E-state index contributed by atoms with van der Waals surface area (Å²) in [6.45, 7) is 15.8. The summed E-state index contributed by atoms with van der Waals surface area (Å²) in [7, 11) is 0. The van der Waals surface area contributed by atoms with Crippen molar-refractivity contribution in [2.45, 2.75) is 73.5 Å². The van der Waals surface area contributed by atoms with Gasteiger partial charge in [-0.25, -0.2) is 0 Å². The summed E-state index contributed by atoms with van der Waals surface area (Å²) in [5.41, 5.74) is 4.93. The number of rotatable bonds is 7. The number of nitrogens with zero attached hydrogens (tertiary/aromatic N) is 1. The monoisotopic (exact) mass is 424 g/mol. The lowest BCUT2D eigenvalue weighted by atomic mass is 10.1. The van der Waals surface area contributed by atoms with Gasteiger partial charge in [0.05, 0.1) is 0 Å². The first-order valence-electron chi connectivity index (χ1n) is 10.7. The minimum atomic E-state index is -0.629. The molecule has 2 aromatic rings. The van der Waals surface area contributed by atoms with Crippen LogP contribution in [-0.4, -0.2) is 34.9 Å². The first kappa shape index (κ1) is 24.4. The molecule has 2 aromatic carbocycles. The van der Waals surface area contributed by atoms with Gasteiger partial charge in [0, 0.05) is 12.1 Å². The van der Waals surface area contributed by atoms with Crippen LogP contribution >= 0.6 is 0 Å². The first-order valence-corrected chi connectivity index (χ1v) is 10.7. The molecule has 0 spiro atoms. The molecule has 0 aliphatic carbocycles. The standard InChI is InChI=1S/C26H36N2O3/c1-17-10-9-11-22(13-17)15-28(21(5)25(30)27-26(6,7)8)24(29)16-31-23-14-18(2)12-19(3)20(23)4/h9-14,21H,15-16H2,1-8H3,(H,27,30)/t21-/m1/s1. The minimum Gasteiger partial charge on any atom is -0.483 e. The van der Waals surface area contributed by atoms with E-state index in [0.717, 1.165) is 27.8 Å². The van der Waals surface area contributed by atoms with Crippen LogP contribution in [0.2, 0.25) is 0 Å². The molecule has 168 valence electrons. The molecule has 1 atom stereocenters. The molecule has 0 saturated heterocycles. The van der Waals surface area contributed by atoms with E-state index in [1.54, 1.807) is 11.8 Å². The number of carbonyl (C=O) groups excluding carboxylic acids is 2. The van der Waals surface area contributed by atoms with Crippen LogP contribution in [0.3, 0.4) is 0 Å². The molecule has 0 saturated carbocycles. The lowest BCUT2D eigenvalue weighted by molar-refractivity contribution is -0.142. The van der Waals surface area contributed by atoms with E-state index in [2.05, 4.69) is 11.4 Å². The van der Waals surface area contributed by atoms with Crippen LogP contribution in [0.25, 0.3) is 0 Å². The largest absolute Gasteiger partial charge is 0.483 e. The fraction of sp³-hybridized carbons (Fsp3) is 0.462. The number of hydrogen-bond acceptors (Lipinski definition) is 3. The van der Waals surface area contributed by atoms with Crippen molar-refractivity contribution in [1.82, 2.24) is 10.2 Å². The second-order valence-electron chi connectivity index (χ2n) is 9.42. The van der Waals surface area contributed by atoms with E-state index >= 15 is 0 Å². The lowest BCUT2D eigenvalue weighted by Crippen LogP contribution is -2.53. The van der Waals surface area contributed by atoms with Gasteiger partial charge in [-0.05, 0) is 83.7 Å². The number of hydrogen-bond donors (Lipinski definition) is 1. The highest BCUT2D eigenvalue weighted by Crippen LogP contribution is 2.23. The Labute approximate surface area is 186 Å². The van der Waals surface area contributed by atoms with Gasteiger partial charge in [0.15, 0.2) is 6.61 Å². The lowest BCUT2D eigenvalue weighted by Gasteiger charge is -2.31. The summed E-state index contributed by atoms with van der Waals surface area (Å²) in [5, 5.41) is 2.98. The molecule has 2 amide bonds. The van der Waals surface area contributed by atoms with Gasteiger partial charge < -0.3 is 15.0 Å². The summed E-state index contributed by atoms with van der Waals surface area (Å²) in [6.07, 6.45) is 0. The van der Waals surface area contributed by atoms with Crippen molar-refractivity contribution in [2.24, 2.45) is 0 Å². The Morgan fingerprint density at radius 2 is 1.71 bits per heavy atom. The Morgan fingerprint density at radius 3 is 2.32 bits per heavy atom. The maximum absolute atomic E-state index is 13.2. The molecular weight excluding hydrogens is 388 g/mol. The van der Waals surface area contributed by atoms with Gasteiger partial charge >= 0.3 is 0 Å². The predicted octanol–water partition coefficient (Wildman–Crippen LogP) is 4.63. The molecule has 0 unspecified atom stereocenters. The third kappa shape index (κ3) is 7.12. The molecule has 1 N–H and O–H groups in total. The van der Waals surface area contributed by atoms with Crippen molar-refractivity contribution in [1.29, 1.82) is 0 Å². The quantitative estimate of drug-likeness (QED) is 0.705.